The summed E-state index contributed by atoms with van der Waals surface area (Å²) in [7, 11) is 0. The molecule has 106 valence electrons. The van der Waals surface area contributed by atoms with Gasteiger partial charge in [-0.1, -0.05) is 12.1 Å². The van der Waals surface area contributed by atoms with Crippen molar-refractivity contribution in [1.29, 1.82) is 0 Å². The van der Waals surface area contributed by atoms with Crippen molar-refractivity contribution in [3.05, 3.63) is 48.4 Å². The zero-order valence-corrected chi connectivity index (χ0v) is 12.4. The van der Waals surface area contributed by atoms with Gasteiger partial charge in [0, 0.05) is 10.6 Å². The number of furan rings is 1. The first-order chi connectivity index (χ1) is 9.70. The highest BCUT2D eigenvalue weighted by molar-refractivity contribution is 7.98. The molecule has 2 aromatic rings. The van der Waals surface area contributed by atoms with Crippen LogP contribution < -0.4 is 10.6 Å². The van der Waals surface area contributed by atoms with Crippen molar-refractivity contribution >= 4 is 23.4 Å². The quantitative estimate of drug-likeness (QED) is 0.803. The summed E-state index contributed by atoms with van der Waals surface area (Å²) in [6, 6.07) is 11.3. The molecule has 0 spiro atoms. The summed E-state index contributed by atoms with van der Waals surface area (Å²) in [5, 5.41) is 6.07. The minimum absolute atomic E-state index is 0.0580. The van der Waals surface area contributed by atoms with Gasteiger partial charge in [0.05, 0.1) is 12.8 Å². The Labute approximate surface area is 122 Å². The van der Waals surface area contributed by atoms with E-state index in [0.29, 0.717) is 6.54 Å². The number of carbonyl (C=O) groups is 1. The van der Waals surface area contributed by atoms with Crippen LogP contribution in [0.3, 0.4) is 0 Å². The Bertz CT molecular complexity index is 555. The molecule has 1 heterocycles. The van der Waals surface area contributed by atoms with E-state index in [1.165, 1.54) is 0 Å². The Balaban J connectivity index is 1.90. The number of para-hydroxylation sites is 1. The first-order valence-electron chi connectivity index (χ1n) is 6.40. The van der Waals surface area contributed by atoms with Crippen LogP contribution in [-0.2, 0) is 11.3 Å². The van der Waals surface area contributed by atoms with Crippen LogP contribution in [0.2, 0.25) is 0 Å². The van der Waals surface area contributed by atoms with E-state index in [1.54, 1.807) is 24.1 Å². The van der Waals surface area contributed by atoms with Gasteiger partial charge in [0.25, 0.3) is 0 Å². The molecule has 20 heavy (non-hydrogen) atoms. The maximum atomic E-state index is 12.0. The number of rotatable bonds is 6. The molecular formula is C15H18N2O2S. The number of carbonyl (C=O) groups excluding carboxylic acids is 1. The van der Waals surface area contributed by atoms with Crippen molar-refractivity contribution in [1.82, 2.24) is 5.32 Å². The second kappa shape index (κ2) is 7.05. The van der Waals surface area contributed by atoms with Crippen LogP contribution in [0.4, 0.5) is 5.69 Å². The highest BCUT2D eigenvalue weighted by Gasteiger charge is 2.13. The molecule has 0 aliphatic rings. The van der Waals surface area contributed by atoms with Gasteiger partial charge in [-0.3, -0.25) is 4.79 Å². The average Bonchev–Trinajstić information content (AvgIpc) is 2.98. The third-order valence-corrected chi connectivity index (χ3v) is 3.69. The van der Waals surface area contributed by atoms with Gasteiger partial charge < -0.3 is 15.1 Å². The van der Waals surface area contributed by atoms with Crippen LogP contribution in [0.15, 0.2) is 52.0 Å². The zero-order chi connectivity index (χ0) is 14.4. The first-order valence-corrected chi connectivity index (χ1v) is 7.63. The van der Waals surface area contributed by atoms with Crippen LogP contribution in [0, 0.1) is 0 Å². The fourth-order valence-corrected chi connectivity index (χ4v) is 2.36. The zero-order valence-electron chi connectivity index (χ0n) is 11.6. The van der Waals surface area contributed by atoms with E-state index in [0.717, 1.165) is 16.3 Å². The lowest BCUT2D eigenvalue weighted by atomic mass is 10.2. The number of hydrogen-bond donors (Lipinski definition) is 2. The molecule has 0 bridgehead atoms. The van der Waals surface area contributed by atoms with Gasteiger partial charge >= 0.3 is 0 Å². The van der Waals surface area contributed by atoms with Gasteiger partial charge in [0.1, 0.15) is 11.8 Å². The Hall–Kier alpha value is -1.88. The highest BCUT2D eigenvalue weighted by atomic mass is 32.2. The summed E-state index contributed by atoms with van der Waals surface area (Å²) in [5.74, 6) is 0.687. The van der Waals surface area contributed by atoms with E-state index in [2.05, 4.69) is 10.6 Å². The summed E-state index contributed by atoms with van der Waals surface area (Å²) >= 11 is 1.65. The smallest absolute Gasteiger partial charge is 0.242 e. The third kappa shape index (κ3) is 3.81. The molecule has 0 radical (unpaired) electrons. The molecule has 0 saturated heterocycles. The second-order valence-electron chi connectivity index (χ2n) is 4.36. The molecule has 2 N–H and O–H groups in total. The molecule has 1 atom stereocenters. The topological polar surface area (TPSA) is 54.3 Å². The molecule has 0 aliphatic carbocycles. The monoisotopic (exact) mass is 290 g/mol. The van der Waals surface area contributed by atoms with Gasteiger partial charge in [-0.05, 0) is 37.4 Å². The Morgan fingerprint density at radius 3 is 2.80 bits per heavy atom. The maximum Gasteiger partial charge on any atom is 0.242 e. The molecule has 0 aliphatic heterocycles. The van der Waals surface area contributed by atoms with Crippen LogP contribution in [0.1, 0.15) is 12.7 Å². The Morgan fingerprint density at radius 1 is 1.30 bits per heavy atom. The standard InChI is InChI=1S/C15H18N2O2S/c1-11(15(18)16-10-12-6-5-9-19-12)17-13-7-3-4-8-14(13)20-2/h3-9,11,17H,10H2,1-2H3,(H,16,18). The predicted octanol–water partition coefficient (Wildman–Crippen LogP) is 3.12. The molecule has 5 heteroatoms. The van der Waals surface area contributed by atoms with E-state index in [1.807, 2.05) is 43.5 Å². The number of anilines is 1. The fourth-order valence-electron chi connectivity index (χ4n) is 1.80. The molecule has 1 unspecified atom stereocenters. The van der Waals surface area contributed by atoms with E-state index in [9.17, 15) is 4.79 Å². The number of nitrogens with one attached hydrogen (secondary N) is 2. The highest BCUT2D eigenvalue weighted by Crippen LogP contribution is 2.25. The Kier molecular flexibility index (Phi) is 5.12. The van der Waals surface area contributed by atoms with Crippen molar-refractivity contribution in [3.8, 4) is 0 Å². The number of thioether (sulfide) groups is 1. The molecule has 0 saturated carbocycles. The van der Waals surface area contributed by atoms with Gasteiger partial charge in [0.15, 0.2) is 0 Å². The molecule has 1 aromatic carbocycles. The van der Waals surface area contributed by atoms with Crippen molar-refractivity contribution < 1.29 is 9.21 Å². The lowest BCUT2D eigenvalue weighted by Crippen LogP contribution is -2.37. The first kappa shape index (κ1) is 14.5. The van der Waals surface area contributed by atoms with Crippen molar-refractivity contribution in [2.75, 3.05) is 11.6 Å². The van der Waals surface area contributed by atoms with Gasteiger partial charge in [0.2, 0.25) is 5.91 Å². The molecule has 0 fully saturated rings. The van der Waals surface area contributed by atoms with E-state index in [4.69, 9.17) is 4.42 Å². The molecular weight excluding hydrogens is 272 g/mol. The molecule has 2 rings (SSSR count). The van der Waals surface area contributed by atoms with Gasteiger partial charge in [-0.2, -0.15) is 0 Å². The van der Waals surface area contributed by atoms with Crippen molar-refractivity contribution in [3.63, 3.8) is 0 Å². The number of amides is 1. The van der Waals surface area contributed by atoms with E-state index >= 15 is 0 Å². The fraction of sp³-hybridized carbons (Fsp3) is 0.267. The SMILES string of the molecule is CSc1ccccc1NC(C)C(=O)NCc1ccco1. The largest absolute Gasteiger partial charge is 0.467 e. The van der Waals surface area contributed by atoms with Crippen LogP contribution in [0.5, 0.6) is 0 Å². The Morgan fingerprint density at radius 2 is 2.10 bits per heavy atom. The average molecular weight is 290 g/mol. The van der Waals surface area contributed by atoms with E-state index in [-0.39, 0.29) is 11.9 Å². The van der Waals surface area contributed by atoms with Crippen molar-refractivity contribution in [2.24, 2.45) is 0 Å². The lowest BCUT2D eigenvalue weighted by Gasteiger charge is -2.16. The molecule has 4 nitrogen and oxygen atoms in total. The summed E-state index contributed by atoms with van der Waals surface area (Å²) in [6.45, 7) is 2.25. The minimum Gasteiger partial charge on any atom is -0.467 e. The summed E-state index contributed by atoms with van der Waals surface area (Å²) in [5.41, 5.74) is 0.973. The van der Waals surface area contributed by atoms with Crippen LogP contribution >= 0.6 is 11.8 Å². The minimum atomic E-state index is -0.307. The lowest BCUT2D eigenvalue weighted by molar-refractivity contribution is -0.121. The van der Waals surface area contributed by atoms with Crippen LogP contribution in [-0.4, -0.2) is 18.2 Å². The third-order valence-electron chi connectivity index (χ3n) is 2.89. The molecule has 1 aromatic heterocycles. The van der Waals surface area contributed by atoms with Crippen LogP contribution in [0.25, 0.3) is 0 Å². The summed E-state index contributed by atoms with van der Waals surface area (Å²) in [4.78, 5) is 13.1. The number of benzene rings is 1. The maximum absolute atomic E-state index is 12.0. The summed E-state index contributed by atoms with van der Waals surface area (Å²) < 4.78 is 5.18. The molecule has 1 amide bonds. The van der Waals surface area contributed by atoms with E-state index < -0.39 is 0 Å². The van der Waals surface area contributed by atoms with Crippen molar-refractivity contribution in [2.45, 2.75) is 24.4 Å². The van der Waals surface area contributed by atoms with Gasteiger partial charge in [-0.25, -0.2) is 0 Å². The summed E-state index contributed by atoms with van der Waals surface area (Å²) in [6.07, 6.45) is 3.61. The number of hydrogen-bond acceptors (Lipinski definition) is 4. The predicted molar refractivity (Wildman–Crippen MR) is 81.9 cm³/mol. The van der Waals surface area contributed by atoms with Gasteiger partial charge in [-0.15, -0.1) is 11.8 Å². The second-order valence-corrected chi connectivity index (χ2v) is 5.21. The normalized spacial score (nSPS) is 11.9.